The number of nitrogens with zero attached hydrogens (tertiary/aromatic N) is 1. The van der Waals surface area contributed by atoms with Crippen LogP contribution >= 0.6 is 7.60 Å². The first-order valence-corrected chi connectivity index (χ1v) is 11.5. The predicted molar refractivity (Wildman–Crippen MR) is 116 cm³/mol. The Morgan fingerprint density at radius 3 is 2.43 bits per heavy atom. The molecule has 166 valence electrons. The number of amides is 2. The zero-order valence-electron chi connectivity index (χ0n) is 17.7. The Bertz CT molecular complexity index is 938. The van der Waals surface area contributed by atoms with Gasteiger partial charge in [0.2, 0.25) is 11.8 Å². The van der Waals surface area contributed by atoms with E-state index in [0.717, 1.165) is 21.4 Å². The molecule has 0 spiro atoms. The first-order chi connectivity index (χ1) is 13.9. The highest BCUT2D eigenvalue weighted by molar-refractivity contribution is 7.52. The molecule has 0 bridgehead atoms. The molecule has 0 aliphatic rings. The summed E-state index contributed by atoms with van der Waals surface area (Å²) in [4.78, 5) is 48.5. The van der Waals surface area contributed by atoms with Crippen LogP contribution in [0.4, 0.5) is 0 Å². The molecule has 3 atom stereocenters. The summed E-state index contributed by atoms with van der Waals surface area (Å²) in [6, 6.07) is 5.80. The average Bonchev–Trinajstić information content (AvgIpc) is 3.07. The molecule has 0 radical (unpaired) electrons. The van der Waals surface area contributed by atoms with E-state index in [2.05, 4.69) is 10.3 Å². The molecule has 1 heterocycles. The number of likely N-dealkylation sites (N-methyl/N-ethyl adjacent to an activating group) is 1. The minimum absolute atomic E-state index is 0.0683. The van der Waals surface area contributed by atoms with Crippen molar-refractivity contribution in [2.45, 2.75) is 51.5 Å². The average molecular weight is 438 g/mol. The third kappa shape index (κ3) is 6.00. The second-order valence-corrected chi connectivity index (χ2v) is 9.97. The van der Waals surface area contributed by atoms with Gasteiger partial charge < -0.3 is 20.5 Å². The molecule has 10 heteroatoms. The van der Waals surface area contributed by atoms with Crippen molar-refractivity contribution in [2.75, 3.05) is 7.05 Å². The minimum atomic E-state index is -4.42. The molecule has 2 amide bonds. The van der Waals surface area contributed by atoms with Crippen molar-refractivity contribution < 1.29 is 23.9 Å². The summed E-state index contributed by atoms with van der Waals surface area (Å²) in [6.07, 6.45) is 2.37. The molecule has 0 fully saturated rings. The van der Waals surface area contributed by atoms with Crippen molar-refractivity contribution in [3.8, 4) is 0 Å². The zero-order valence-corrected chi connectivity index (χ0v) is 18.6. The lowest BCUT2D eigenvalue weighted by Gasteiger charge is -2.28. The number of fused-ring (bicyclic) bond motifs is 1. The van der Waals surface area contributed by atoms with Gasteiger partial charge in [0.25, 0.3) is 0 Å². The van der Waals surface area contributed by atoms with Crippen LogP contribution in [0.25, 0.3) is 10.9 Å². The lowest BCUT2D eigenvalue weighted by molar-refractivity contribution is -0.145. The number of para-hydroxylation sites is 1. The Kier molecular flexibility index (Phi) is 7.96. The summed E-state index contributed by atoms with van der Waals surface area (Å²) in [6.45, 7) is 5.08. The van der Waals surface area contributed by atoms with Crippen LogP contribution in [0.2, 0.25) is 0 Å². The predicted octanol–water partition coefficient (Wildman–Crippen LogP) is 1.55. The summed E-state index contributed by atoms with van der Waals surface area (Å²) >= 11 is 0. The van der Waals surface area contributed by atoms with Gasteiger partial charge in [0.1, 0.15) is 5.78 Å². The SMILES string of the molecule is CC(C)C[C@H](NC(C)P(=O)(O)O)C(=O)N(C)C(=O)[C@@H](N)Cc1c[nH]c2ccccc12. The molecular weight excluding hydrogens is 407 g/mol. The number of nitrogens with one attached hydrogen (secondary N) is 2. The largest absolute Gasteiger partial charge is 0.361 e. The van der Waals surface area contributed by atoms with Gasteiger partial charge in [0.15, 0.2) is 0 Å². The zero-order chi connectivity index (χ0) is 22.6. The summed E-state index contributed by atoms with van der Waals surface area (Å²) < 4.78 is 11.5. The van der Waals surface area contributed by atoms with Gasteiger partial charge in [-0.15, -0.1) is 0 Å². The van der Waals surface area contributed by atoms with E-state index in [-0.39, 0.29) is 12.3 Å². The number of nitrogens with two attached hydrogens (primary N) is 1. The number of hydrogen-bond donors (Lipinski definition) is 5. The number of rotatable bonds is 9. The van der Waals surface area contributed by atoms with Crippen LogP contribution in [0, 0.1) is 5.92 Å². The molecule has 0 aliphatic heterocycles. The van der Waals surface area contributed by atoms with E-state index in [0.29, 0.717) is 6.42 Å². The van der Waals surface area contributed by atoms with E-state index in [1.807, 2.05) is 38.1 Å². The van der Waals surface area contributed by atoms with Gasteiger partial charge in [-0.2, -0.15) is 0 Å². The highest BCUT2D eigenvalue weighted by Crippen LogP contribution is 2.39. The van der Waals surface area contributed by atoms with E-state index >= 15 is 0 Å². The molecule has 0 saturated carbocycles. The molecule has 2 rings (SSSR count). The molecule has 1 aromatic heterocycles. The van der Waals surface area contributed by atoms with Crippen LogP contribution in [0.1, 0.15) is 32.8 Å². The number of H-pyrrole nitrogens is 1. The molecule has 1 unspecified atom stereocenters. The second kappa shape index (κ2) is 9.85. The summed E-state index contributed by atoms with van der Waals surface area (Å²) in [5, 5.41) is 3.64. The van der Waals surface area contributed by atoms with E-state index in [9.17, 15) is 23.9 Å². The second-order valence-electron chi connectivity index (χ2n) is 8.02. The monoisotopic (exact) mass is 438 g/mol. The molecule has 30 heavy (non-hydrogen) atoms. The van der Waals surface area contributed by atoms with Gasteiger partial charge in [-0.05, 0) is 37.3 Å². The van der Waals surface area contributed by atoms with Crippen molar-refractivity contribution in [3.63, 3.8) is 0 Å². The molecule has 0 aliphatic carbocycles. The van der Waals surface area contributed by atoms with Gasteiger partial charge in [-0.3, -0.25) is 24.4 Å². The Balaban J connectivity index is 2.12. The summed E-state index contributed by atoms with van der Waals surface area (Å²) in [5.74, 6) is -2.26. The topological polar surface area (TPSA) is 149 Å². The fourth-order valence-corrected chi connectivity index (χ4v) is 3.69. The lowest BCUT2D eigenvalue weighted by Crippen LogP contribution is -2.53. The van der Waals surface area contributed by atoms with E-state index in [4.69, 9.17) is 5.73 Å². The summed E-state index contributed by atoms with van der Waals surface area (Å²) in [5.41, 5.74) is 7.92. The van der Waals surface area contributed by atoms with Crippen molar-refractivity contribution in [3.05, 3.63) is 36.0 Å². The van der Waals surface area contributed by atoms with E-state index in [1.165, 1.54) is 14.0 Å². The Morgan fingerprint density at radius 2 is 1.83 bits per heavy atom. The van der Waals surface area contributed by atoms with Gasteiger partial charge in [-0.25, -0.2) is 0 Å². The van der Waals surface area contributed by atoms with E-state index < -0.39 is 37.3 Å². The smallest absolute Gasteiger partial charge is 0.342 e. The first kappa shape index (κ1) is 24.2. The van der Waals surface area contributed by atoms with E-state index in [1.54, 1.807) is 6.20 Å². The number of aromatic nitrogens is 1. The van der Waals surface area contributed by atoms with Crippen molar-refractivity contribution >= 4 is 30.3 Å². The van der Waals surface area contributed by atoms with Crippen molar-refractivity contribution in [1.29, 1.82) is 0 Å². The first-order valence-electron chi connectivity index (χ1n) is 9.85. The van der Waals surface area contributed by atoms with Gasteiger partial charge in [0, 0.05) is 24.1 Å². The maximum atomic E-state index is 12.9. The molecule has 9 nitrogen and oxygen atoms in total. The van der Waals surface area contributed by atoms with Gasteiger partial charge in [-0.1, -0.05) is 32.0 Å². The number of benzene rings is 1. The van der Waals surface area contributed by atoms with Crippen LogP contribution in [-0.4, -0.2) is 56.4 Å². The number of imide groups is 1. The maximum Gasteiger partial charge on any atom is 0.342 e. The van der Waals surface area contributed by atoms with Crippen molar-refractivity contribution in [2.24, 2.45) is 11.7 Å². The Labute approximate surface area is 176 Å². The number of carbonyl (C=O) groups is 2. The fraction of sp³-hybridized carbons (Fsp3) is 0.500. The molecule has 0 saturated heterocycles. The number of carbonyl (C=O) groups excluding carboxylic acids is 2. The number of hydrogen-bond acceptors (Lipinski definition) is 5. The third-order valence-corrected chi connectivity index (χ3v) is 6.20. The lowest BCUT2D eigenvalue weighted by atomic mass is 10.0. The number of aromatic amines is 1. The van der Waals surface area contributed by atoms with Crippen LogP contribution in [0.15, 0.2) is 30.5 Å². The van der Waals surface area contributed by atoms with Gasteiger partial charge in [0.05, 0.1) is 12.1 Å². The molecule has 1 aromatic carbocycles. The Morgan fingerprint density at radius 1 is 1.20 bits per heavy atom. The van der Waals surface area contributed by atoms with Crippen LogP contribution in [0.5, 0.6) is 0 Å². The van der Waals surface area contributed by atoms with Gasteiger partial charge >= 0.3 is 7.60 Å². The standard InChI is InChI=1S/C20H31N4O5P/c1-12(2)9-18(23-13(3)30(27,28)29)20(26)24(4)19(25)16(21)10-14-11-22-17-8-6-5-7-15(14)17/h5-8,11-13,16,18,22-23H,9-10,21H2,1-4H3,(H2,27,28,29)/t13?,16-,18-/m0/s1. The maximum absolute atomic E-state index is 12.9. The van der Waals surface area contributed by atoms with Crippen LogP contribution in [-0.2, 0) is 20.6 Å². The molecule has 6 N–H and O–H groups in total. The normalized spacial score (nSPS) is 15.2. The Hall–Kier alpha value is -2.03. The van der Waals surface area contributed by atoms with Crippen LogP contribution in [0.3, 0.4) is 0 Å². The summed E-state index contributed by atoms with van der Waals surface area (Å²) in [7, 11) is -3.08. The third-order valence-electron chi connectivity index (χ3n) is 5.05. The molecule has 2 aromatic rings. The highest BCUT2D eigenvalue weighted by Gasteiger charge is 2.34. The fourth-order valence-electron chi connectivity index (χ4n) is 3.32. The minimum Gasteiger partial charge on any atom is -0.361 e. The van der Waals surface area contributed by atoms with Crippen molar-refractivity contribution in [1.82, 2.24) is 15.2 Å². The van der Waals surface area contributed by atoms with Crippen LogP contribution < -0.4 is 11.1 Å². The molecular formula is C20H31N4O5P. The highest BCUT2D eigenvalue weighted by atomic mass is 31.2. The quantitative estimate of drug-likeness (QED) is 0.373.